The fourth-order valence-electron chi connectivity index (χ4n) is 4.93. The van der Waals surface area contributed by atoms with Crippen molar-refractivity contribution in [2.75, 3.05) is 40.3 Å². The number of piperidine rings is 1. The molecule has 1 aliphatic carbocycles. The fraction of sp³-hybridized carbons (Fsp3) is 0.423. The number of ether oxygens (including phenoxy) is 1. The number of amides is 2. The maximum Gasteiger partial charge on any atom is 0.407 e. The van der Waals surface area contributed by atoms with Crippen molar-refractivity contribution in [3.63, 3.8) is 0 Å². The number of carbonyl (C=O) groups excluding carboxylic acids is 2. The van der Waals surface area contributed by atoms with Crippen LogP contribution in [-0.4, -0.2) is 79.3 Å². The lowest BCUT2D eigenvalue weighted by Crippen LogP contribution is -2.55. The number of benzene rings is 2. The number of hydrogen-bond donors (Lipinski definition) is 2. The van der Waals surface area contributed by atoms with Crippen molar-refractivity contribution in [2.24, 2.45) is 5.92 Å². The molecular weight excluding hydrogens is 434 g/mol. The van der Waals surface area contributed by atoms with E-state index < -0.39 is 24.0 Å². The van der Waals surface area contributed by atoms with Crippen molar-refractivity contribution >= 4 is 18.0 Å². The van der Waals surface area contributed by atoms with Gasteiger partial charge in [0.1, 0.15) is 12.6 Å². The number of carboxylic acids is 1. The van der Waals surface area contributed by atoms with E-state index in [-0.39, 0.29) is 31.5 Å². The fourth-order valence-corrected chi connectivity index (χ4v) is 4.93. The van der Waals surface area contributed by atoms with Crippen LogP contribution < -0.4 is 5.32 Å². The maximum atomic E-state index is 13.2. The van der Waals surface area contributed by atoms with Crippen LogP contribution in [0.4, 0.5) is 4.79 Å². The first-order chi connectivity index (χ1) is 16.3. The molecule has 2 aromatic carbocycles. The Labute approximate surface area is 199 Å². The van der Waals surface area contributed by atoms with Gasteiger partial charge in [0, 0.05) is 25.6 Å². The Bertz CT molecular complexity index is 1020. The van der Waals surface area contributed by atoms with E-state index in [0.717, 1.165) is 22.3 Å². The normalized spacial score (nSPS) is 18.2. The Morgan fingerprint density at radius 3 is 2.29 bits per heavy atom. The molecule has 4 rings (SSSR count). The van der Waals surface area contributed by atoms with Gasteiger partial charge < -0.3 is 25.0 Å². The summed E-state index contributed by atoms with van der Waals surface area (Å²) in [5.74, 6) is -1.83. The summed E-state index contributed by atoms with van der Waals surface area (Å²) in [6.07, 6.45) is 0.522. The highest BCUT2D eigenvalue weighted by molar-refractivity contribution is 5.86. The molecule has 1 saturated heterocycles. The molecule has 2 amide bonds. The van der Waals surface area contributed by atoms with Gasteiger partial charge in [-0.2, -0.15) is 0 Å². The lowest BCUT2D eigenvalue weighted by atomic mass is 9.97. The van der Waals surface area contributed by atoms with Gasteiger partial charge in [0.25, 0.3) is 0 Å². The average Bonchev–Trinajstić information content (AvgIpc) is 3.15. The molecule has 1 aliphatic heterocycles. The summed E-state index contributed by atoms with van der Waals surface area (Å²) in [6.45, 7) is 1.09. The Morgan fingerprint density at radius 2 is 1.71 bits per heavy atom. The largest absolute Gasteiger partial charge is 0.481 e. The van der Waals surface area contributed by atoms with E-state index in [1.54, 1.807) is 4.90 Å². The van der Waals surface area contributed by atoms with Crippen molar-refractivity contribution in [1.82, 2.24) is 15.1 Å². The van der Waals surface area contributed by atoms with E-state index >= 15 is 0 Å². The highest BCUT2D eigenvalue weighted by Gasteiger charge is 2.34. The number of aliphatic carboxylic acids is 1. The Hall–Kier alpha value is -3.39. The van der Waals surface area contributed by atoms with E-state index in [1.807, 2.05) is 43.3 Å². The van der Waals surface area contributed by atoms with Gasteiger partial charge in [-0.1, -0.05) is 48.5 Å². The Balaban J connectivity index is 1.42. The standard InChI is InChI=1S/C26H31N3O5/c1-28(2)15-23(24(30)29-13-7-8-17(14-29)25(31)32)27-26(33)34-16-22-20-11-5-3-9-18(20)19-10-4-6-12-21(19)22/h3-6,9-12,17,22-23H,7-8,13-16H2,1-2H3,(H,27,33)(H,31,32)/t17-,23-/m0/s1. The first kappa shape index (κ1) is 23.8. The van der Waals surface area contributed by atoms with Crippen LogP contribution in [0.1, 0.15) is 29.9 Å². The van der Waals surface area contributed by atoms with Crippen LogP contribution in [-0.2, 0) is 14.3 Å². The second kappa shape index (κ2) is 10.3. The summed E-state index contributed by atoms with van der Waals surface area (Å²) in [4.78, 5) is 40.7. The minimum atomic E-state index is -0.897. The number of nitrogens with one attached hydrogen (secondary N) is 1. The minimum absolute atomic E-state index is 0.0698. The van der Waals surface area contributed by atoms with E-state index in [0.29, 0.717) is 19.4 Å². The predicted molar refractivity (Wildman–Crippen MR) is 127 cm³/mol. The smallest absolute Gasteiger partial charge is 0.407 e. The molecule has 0 saturated carbocycles. The summed E-state index contributed by atoms with van der Waals surface area (Å²) in [7, 11) is 3.63. The number of likely N-dealkylation sites (tertiary alicyclic amines) is 1. The molecule has 2 atom stereocenters. The molecule has 2 aliphatic rings. The summed E-state index contributed by atoms with van der Waals surface area (Å²) in [5.41, 5.74) is 4.52. The van der Waals surface area contributed by atoms with Gasteiger partial charge >= 0.3 is 12.1 Å². The molecule has 1 heterocycles. The first-order valence-electron chi connectivity index (χ1n) is 11.6. The molecular formula is C26H31N3O5. The third-order valence-electron chi connectivity index (χ3n) is 6.56. The van der Waals surface area contributed by atoms with Crippen LogP contribution in [0.15, 0.2) is 48.5 Å². The summed E-state index contributed by atoms with van der Waals surface area (Å²) < 4.78 is 5.62. The molecule has 0 radical (unpaired) electrons. The molecule has 8 heteroatoms. The zero-order valence-corrected chi connectivity index (χ0v) is 19.6. The van der Waals surface area contributed by atoms with Crippen LogP contribution in [0.25, 0.3) is 11.1 Å². The number of fused-ring (bicyclic) bond motifs is 3. The first-order valence-corrected chi connectivity index (χ1v) is 11.6. The van der Waals surface area contributed by atoms with Crippen molar-refractivity contribution in [1.29, 1.82) is 0 Å². The summed E-state index contributed by atoms with van der Waals surface area (Å²) >= 11 is 0. The predicted octanol–water partition coefficient (Wildman–Crippen LogP) is 2.78. The third kappa shape index (κ3) is 5.07. The number of hydrogen-bond acceptors (Lipinski definition) is 5. The van der Waals surface area contributed by atoms with Gasteiger partial charge in [-0.15, -0.1) is 0 Å². The summed E-state index contributed by atoms with van der Waals surface area (Å²) in [5, 5.41) is 12.1. The van der Waals surface area contributed by atoms with E-state index in [2.05, 4.69) is 29.6 Å². The molecule has 2 N–H and O–H groups in total. The highest BCUT2D eigenvalue weighted by Crippen LogP contribution is 2.44. The van der Waals surface area contributed by atoms with E-state index in [9.17, 15) is 19.5 Å². The Morgan fingerprint density at radius 1 is 1.09 bits per heavy atom. The van der Waals surface area contributed by atoms with Gasteiger partial charge in [0.2, 0.25) is 5.91 Å². The third-order valence-corrected chi connectivity index (χ3v) is 6.56. The van der Waals surface area contributed by atoms with Gasteiger partial charge in [0.15, 0.2) is 0 Å². The average molecular weight is 466 g/mol. The van der Waals surface area contributed by atoms with Crippen molar-refractivity contribution in [3.05, 3.63) is 59.7 Å². The molecule has 180 valence electrons. The van der Waals surface area contributed by atoms with Crippen LogP contribution in [0.5, 0.6) is 0 Å². The van der Waals surface area contributed by atoms with Crippen molar-refractivity contribution < 1.29 is 24.2 Å². The van der Waals surface area contributed by atoms with Crippen molar-refractivity contribution in [3.8, 4) is 11.1 Å². The van der Waals surface area contributed by atoms with Gasteiger partial charge in [-0.25, -0.2) is 4.79 Å². The molecule has 0 spiro atoms. The SMILES string of the molecule is CN(C)C[C@H](NC(=O)OCC1c2ccccc2-c2ccccc21)C(=O)N1CCC[C@H](C(=O)O)C1. The van der Waals surface area contributed by atoms with Crippen molar-refractivity contribution in [2.45, 2.75) is 24.8 Å². The van der Waals surface area contributed by atoms with Crippen LogP contribution in [0.2, 0.25) is 0 Å². The zero-order chi connectivity index (χ0) is 24.2. The molecule has 8 nitrogen and oxygen atoms in total. The zero-order valence-electron chi connectivity index (χ0n) is 19.6. The van der Waals surface area contributed by atoms with Crippen LogP contribution in [0, 0.1) is 5.92 Å². The number of carboxylic acid groups (broad SMARTS) is 1. The van der Waals surface area contributed by atoms with Crippen LogP contribution in [0.3, 0.4) is 0 Å². The lowest BCUT2D eigenvalue weighted by molar-refractivity contribution is -0.146. The van der Waals surface area contributed by atoms with Crippen LogP contribution >= 0.6 is 0 Å². The molecule has 0 bridgehead atoms. The van der Waals surface area contributed by atoms with Gasteiger partial charge in [-0.05, 0) is 49.2 Å². The number of carbonyl (C=O) groups is 3. The van der Waals surface area contributed by atoms with Gasteiger partial charge in [0.05, 0.1) is 5.92 Å². The summed E-state index contributed by atoms with van der Waals surface area (Å²) in [6, 6.07) is 15.4. The number of rotatable bonds is 7. The maximum absolute atomic E-state index is 13.2. The molecule has 0 aromatic heterocycles. The highest BCUT2D eigenvalue weighted by atomic mass is 16.5. The minimum Gasteiger partial charge on any atom is -0.481 e. The number of alkyl carbamates (subject to hydrolysis) is 1. The molecule has 0 unspecified atom stereocenters. The monoisotopic (exact) mass is 465 g/mol. The second-order valence-corrected chi connectivity index (χ2v) is 9.25. The van der Waals surface area contributed by atoms with E-state index in [4.69, 9.17) is 4.74 Å². The number of likely N-dealkylation sites (N-methyl/N-ethyl adjacent to an activating group) is 1. The molecule has 1 fully saturated rings. The van der Waals surface area contributed by atoms with E-state index in [1.165, 1.54) is 0 Å². The Kier molecular flexibility index (Phi) is 7.17. The number of nitrogens with zero attached hydrogens (tertiary/aromatic N) is 2. The lowest BCUT2D eigenvalue weighted by Gasteiger charge is -2.34. The second-order valence-electron chi connectivity index (χ2n) is 9.25. The molecule has 34 heavy (non-hydrogen) atoms. The van der Waals surface area contributed by atoms with Gasteiger partial charge in [-0.3, -0.25) is 9.59 Å². The molecule has 2 aromatic rings. The topological polar surface area (TPSA) is 99.2 Å². The quantitative estimate of drug-likeness (QED) is 0.653.